The molecule has 328 valence electrons. The van der Waals surface area contributed by atoms with E-state index in [9.17, 15) is 81.7 Å². The van der Waals surface area contributed by atoms with E-state index in [1.54, 1.807) is 0 Å². The average Bonchev–Trinajstić information content (AvgIpc) is 3.18. The third-order valence-corrected chi connectivity index (χ3v) is 11.4. The van der Waals surface area contributed by atoms with Crippen LogP contribution in [-0.2, 0) is 33.2 Å². The van der Waals surface area contributed by atoms with E-state index in [1.165, 1.54) is 13.8 Å². The second-order valence-electron chi connectivity index (χ2n) is 15.0. The first-order valence-corrected chi connectivity index (χ1v) is 18.4. The molecule has 5 fully saturated rings. The Kier molecular flexibility index (Phi) is 15.8. The maximum atomic E-state index is 11.1. The molecule has 5 aliphatic rings. The zero-order chi connectivity index (χ0) is 41.5. The Bertz CT molecular complexity index is 1220. The summed E-state index contributed by atoms with van der Waals surface area (Å²) in [6.07, 6.45) is -38.2. The molecule has 0 radical (unpaired) electrons. The van der Waals surface area contributed by atoms with Gasteiger partial charge >= 0.3 is 0 Å². The third kappa shape index (κ3) is 8.90. The molecule has 26 atom stereocenters. The summed E-state index contributed by atoms with van der Waals surface area (Å²) in [6.45, 7) is -0.383. The lowest BCUT2D eigenvalue weighted by molar-refractivity contribution is -0.383. The van der Waals surface area contributed by atoms with Crippen molar-refractivity contribution in [3.63, 3.8) is 0 Å². The molecule has 0 bridgehead atoms. The Morgan fingerprint density at radius 2 is 0.768 bits per heavy atom. The molecular weight excluding hydrogens is 766 g/mol. The van der Waals surface area contributed by atoms with Gasteiger partial charge in [-0.05, 0) is 13.8 Å². The number of ether oxygens (including phenoxy) is 7. The van der Waals surface area contributed by atoms with Gasteiger partial charge in [0.1, 0.15) is 97.7 Å². The van der Waals surface area contributed by atoms with Crippen LogP contribution >= 0.6 is 0 Å². The molecule has 24 nitrogen and oxygen atoms in total. The fourth-order valence-electron chi connectivity index (χ4n) is 7.92. The summed E-state index contributed by atoms with van der Waals surface area (Å²) in [5.41, 5.74) is 0. The van der Waals surface area contributed by atoms with Crippen molar-refractivity contribution in [3.8, 4) is 0 Å². The quantitative estimate of drug-likeness (QED) is 0.0869. The molecule has 4 saturated heterocycles. The third-order valence-electron chi connectivity index (χ3n) is 11.4. The number of hydrogen-bond acceptors (Lipinski definition) is 24. The van der Waals surface area contributed by atoms with E-state index >= 15 is 0 Å². The summed E-state index contributed by atoms with van der Waals surface area (Å²) in [5, 5.41) is 171. The number of aliphatic hydroxyl groups is 16. The molecule has 0 spiro atoms. The predicted octanol–water partition coefficient (Wildman–Crippen LogP) is -10.6. The molecule has 26 unspecified atom stereocenters. The van der Waals surface area contributed by atoms with Crippen molar-refractivity contribution in [2.24, 2.45) is 5.92 Å². The van der Waals surface area contributed by atoms with E-state index in [4.69, 9.17) is 33.2 Å². The van der Waals surface area contributed by atoms with Gasteiger partial charge in [0.25, 0.3) is 0 Å². The topological polar surface area (TPSA) is 400 Å². The molecule has 5 rings (SSSR count). The molecule has 0 aromatic heterocycles. The highest BCUT2D eigenvalue weighted by Crippen LogP contribution is 2.35. The van der Waals surface area contributed by atoms with Crippen LogP contribution in [0.5, 0.6) is 0 Å². The SMILES string of the molecule is CC1OC(CO)C(OC2OC(CO)C(OC3OC(CO)C(OC4OC(C)C(NC5C(O)C(O)C(O)C(CO)C5O)C(O)C4O)C(O)C3O)C(O)C2O)C(O)C1O. The van der Waals surface area contributed by atoms with Crippen LogP contribution in [0, 0.1) is 5.92 Å². The van der Waals surface area contributed by atoms with Crippen LogP contribution in [0.15, 0.2) is 0 Å². The van der Waals surface area contributed by atoms with Gasteiger partial charge in [-0.15, -0.1) is 0 Å². The Hall–Kier alpha value is -0.960. The van der Waals surface area contributed by atoms with Crippen molar-refractivity contribution in [3.05, 3.63) is 0 Å². The van der Waals surface area contributed by atoms with E-state index in [-0.39, 0.29) is 0 Å². The molecule has 56 heavy (non-hydrogen) atoms. The fourth-order valence-corrected chi connectivity index (χ4v) is 7.92. The minimum absolute atomic E-state index is 0.667. The monoisotopic (exact) mass is 823 g/mol. The summed E-state index contributed by atoms with van der Waals surface area (Å²) < 4.78 is 39.4. The van der Waals surface area contributed by atoms with Crippen LogP contribution in [0.1, 0.15) is 13.8 Å². The number of rotatable bonds is 12. The van der Waals surface area contributed by atoms with Gasteiger partial charge in [-0.1, -0.05) is 0 Å². The smallest absolute Gasteiger partial charge is 0.187 e. The van der Waals surface area contributed by atoms with Gasteiger partial charge < -0.3 is 120 Å². The van der Waals surface area contributed by atoms with Gasteiger partial charge in [-0.2, -0.15) is 0 Å². The van der Waals surface area contributed by atoms with Crippen LogP contribution < -0.4 is 5.32 Å². The molecule has 1 aliphatic carbocycles. The van der Waals surface area contributed by atoms with E-state index in [1.807, 2.05) is 0 Å². The van der Waals surface area contributed by atoms with Gasteiger partial charge in [-0.3, -0.25) is 0 Å². The second-order valence-corrected chi connectivity index (χ2v) is 15.0. The normalized spacial score (nSPS) is 54.5. The minimum Gasteiger partial charge on any atom is -0.396 e. The standard InChI is InChI=1S/C32H57NO23/c1-7-13(33-14-16(39)9(3-34)17(40)20(43)19(14)42)18(41)24(47)30(51-7)54-28-11(5-36)52-32(25(48)22(28)45)56-29-12(6-37)53-31(26(49)23(29)46)55-27-10(4-35)50-8(2)15(38)21(27)44/h7-49H,3-6H2,1-2H3. The van der Waals surface area contributed by atoms with Crippen molar-refractivity contribution >= 4 is 0 Å². The first-order valence-electron chi connectivity index (χ1n) is 18.4. The van der Waals surface area contributed by atoms with Crippen LogP contribution in [-0.4, -0.2) is 261 Å². The molecular formula is C32H57NO23. The Morgan fingerprint density at radius 3 is 1.21 bits per heavy atom. The maximum Gasteiger partial charge on any atom is 0.187 e. The van der Waals surface area contributed by atoms with Crippen molar-refractivity contribution < 1.29 is 115 Å². The van der Waals surface area contributed by atoms with Gasteiger partial charge in [0, 0.05) is 5.92 Å². The highest BCUT2D eigenvalue weighted by molar-refractivity contribution is 5.05. The summed E-state index contributed by atoms with van der Waals surface area (Å²) in [4.78, 5) is 0. The first-order chi connectivity index (χ1) is 26.4. The van der Waals surface area contributed by atoms with E-state index in [0.29, 0.717) is 0 Å². The molecule has 4 aliphatic heterocycles. The lowest BCUT2D eigenvalue weighted by Crippen LogP contribution is -2.72. The van der Waals surface area contributed by atoms with Crippen molar-refractivity contribution in [2.45, 2.75) is 167 Å². The first kappa shape index (κ1) is 46.1. The number of aliphatic hydroxyl groups excluding tert-OH is 16. The highest BCUT2D eigenvalue weighted by Gasteiger charge is 2.56. The van der Waals surface area contributed by atoms with Crippen LogP contribution in [0.25, 0.3) is 0 Å². The van der Waals surface area contributed by atoms with Crippen molar-refractivity contribution in [2.75, 3.05) is 26.4 Å². The summed E-state index contributed by atoms with van der Waals surface area (Å²) in [5.74, 6) is -1.28. The largest absolute Gasteiger partial charge is 0.396 e. The summed E-state index contributed by atoms with van der Waals surface area (Å²) >= 11 is 0. The molecule has 24 heteroatoms. The average molecular weight is 824 g/mol. The molecule has 17 N–H and O–H groups in total. The van der Waals surface area contributed by atoms with E-state index in [0.717, 1.165) is 0 Å². The maximum absolute atomic E-state index is 11.1. The Balaban J connectivity index is 1.22. The Labute approximate surface area is 319 Å². The highest BCUT2D eigenvalue weighted by atomic mass is 16.8. The van der Waals surface area contributed by atoms with Crippen LogP contribution in [0.4, 0.5) is 0 Å². The summed E-state index contributed by atoms with van der Waals surface area (Å²) in [6, 6.07) is -2.68. The van der Waals surface area contributed by atoms with Gasteiger partial charge in [0.2, 0.25) is 0 Å². The molecule has 4 heterocycles. The van der Waals surface area contributed by atoms with Crippen LogP contribution in [0.2, 0.25) is 0 Å². The Morgan fingerprint density at radius 1 is 0.375 bits per heavy atom. The van der Waals surface area contributed by atoms with E-state index < -0.39 is 185 Å². The number of nitrogens with one attached hydrogen (secondary N) is 1. The van der Waals surface area contributed by atoms with Crippen molar-refractivity contribution in [1.82, 2.24) is 5.32 Å². The molecule has 0 aromatic carbocycles. The fraction of sp³-hybridized carbons (Fsp3) is 1.00. The van der Waals surface area contributed by atoms with Gasteiger partial charge in [-0.25, -0.2) is 0 Å². The number of hydrogen-bond donors (Lipinski definition) is 17. The molecule has 0 aromatic rings. The zero-order valence-corrected chi connectivity index (χ0v) is 30.4. The van der Waals surface area contributed by atoms with Crippen molar-refractivity contribution in [1.29, 1.82) is 0 Å². The second kappa shape index (κ2) is 19.2. The van der Waals surface area contributed by atoms with Gasteiger partial charge in [0.05, 0.1) is 62.9 Å². The predicted molar refractivity (Wildman–Crippen MR) is 175 cm³/mol. The zero-order valence-electron chi connectivity index (χ0n) is 30.4. The summed E-state index contributed by atoms with van der Waals surface area (Å²) in [7, 11) is 0. The minimum atomic E-state index is -2.04. The molecule has 0 amide bonds. The lowest BCUT2D eigenvalue weighted by Gasteiger charge is -2.50. The van der Waals surface area contributed by atoms with Gasteiger partial charge in [0.15, 0.2) is 18.9 Å². The molecule has 1 saturated carbocycles. The van der Waals surface area contributed by atoms with E-state index in [2.05, 4.69) is 5.32 Å². The van der Waals surface area contributed by atoms with Crippen LogP contribution in [0.3, 0.4) is 0 Å². The lowest BCUT2D eigenvalue weighted by atomic mass is 9.76.